The Morgan fingerprint density at radius 2 is 2.20 bits per heavy atom. The van der Waals surface area contributed by atoms with Crippen LogP contribution in [0.3, 0.4) is 0 Å². The summed E-state index contributed by atoms with van der Waals surface area (Å²) in [5.41, 5.74) is 1.10. The zero-order chi connectivity index (χ0) is 10.8. The number of halogens is 2. The van der Waals surface area contributed by atoms with Gasteiger partial charge in [0, 0.05) is 10.0 Å². The van der Waals surface area contributed by atoms with E-state index in [4.69, 9.17) is 23.2 Å². The summed E-state index contributed by atoms with van der Waals surface area (Å²) in [4.78, 5) is 0. The highest BCUT2D eigenvalue weighted by Gasteiger charge is 2.21. The molecule has 0 saturated carbocycles. The molecule has 0 aromatic heterocycles. The van der Waals surface area contributed by atoms with E-state index in [2.05, 4.69) is 12.2 Å². The van der Waals surface area contributed by atoms with Crippen molar-refractivity contribution in [1.29, 1.82) is 0 Å². The third-order valence-electron chi connectivity index (χ3n) is 2.44. The van der Waals surface area contributed by atoms with Crippen LogP contribution < -0.4 is 5.32 Å². The summed E-state index contributed by atoms with van der Waals surface area (Å²) in [6, 6.07) is 5.63. The molecule has 2 unspecified atom stereocenters. The topological polar surface area (TPSA) is 12.0 Å². The van der Waals surface area contributed by atoms with E-state index in [1.165, 1.54) is 5.75 Å². The molecular formula is C11H13Cl2NS. The monoisotopic (exact) mass is 261 g/mol. The van der Waals surface area contributed by atoms with Gasteiger partial charge < -0.3 is 5.32 Å². The van der Waals surface area contributed by atoms with Crippen LogP contribution >= 0.6 is 35.0 Å². The highest BCUT2D eigenvalue weighted by molar-refractivity contribution is 7.99. The van der Waals surface area contributed by atoms with Gasteiger partial charge in [-0.25, -0.2) is 0 Å². The maximum absolute atomic E-state index is 6.15. The molecule has 0 bridgehead atoms. The van der Waals surface area contributed by atoms with Gasteiger partial charge in [0.1, 0.15) is 0 Å². The fourth-order valence-corrected chi connectivity index (χ4v) is 3.30. The Morgan fingerprint density at radius 3 is 2.87 bits per heavy atom. The van der Waals surface area contributed by atoms with Crippen molar-refractivity contribution in [3.8, 4) is 0 Å². The molecule has 1 aliphatic heterocycles. The Bertz CT molecular complexity index is 348. The third kappa shape index (κ3) is 2.82. The zero-order valence-corrected chi connectivity index (χ0v) is 10.8. The van der Waals surface area contributed by atoms with Crippen LogP contribution in [0.2, 0.25) is 10.0 Å². The van der Waals surface area contributed by atoms with E-state index >= 15 is 0 Å². The van der Waals surface area contributed by atoms with Gasteiger partial charge in [0.05, 0.1) is 5.37 Å². The van der Waals surface area contributed by atoms with Crippen molar-refractivity contribution in [3.63, 3.8) is 0 Å². The standard InChI is InChI=1S/C11H13Cl2NS/c1-7-5-14-11(15-6-7)9-4-8(12)2-3-10(9)13/h2-4,7,11,14H,5-6H2,1H3. The summed E-state index contributed by atoms with van der Waals surface area (Å²) < 4.78 is 0. The van der Waals surface area contributed by atoms with Gasteiger partial charge >= 0.3 is 0 Å². The fraction of sp³-hybridized carbons (Fsp3) is 0.455. The second-order valence-electron chi connectivity index (χ2n) is 3.89. The minimum Gasteiger partial charge on any atom is -0.301 e. The van der Waals surface area contributed by atoms with Crippen LogP contribution in [0.1, 0.15) is 17.9 Å². The largest absolute Gasteiger partial charge is 0.301 e. The van der Waals surface area contributed by atoms with Crippen LogP contribution in [-0.2, 0) is 0 Å². The lowest BCUT2D eigenvalue weighted by molar-refractivity contribution is 0.529. The summed E-state index contributed by atoms with van der Waals surface area (Å²) in [7, 11) is 0. The van der Waals surface area contributed by atoms with E-state index < -0.39 is 0 Å². The van der Waals surface area contributed by atoms with Gasteiger partial charge in [-0.3, -0.25) is 0 Å². The summed E-state index contributed by atoms with van der Waals surface area (Å²) in [5, 5.41) is 5.29. The molecule has 0 aliphatic carbocycles. The van der Waals surface area contributed by atoms with E-state index in [1.807, 2.05) is 30.0 Å². The zero-order valence-electron chi connectivity index (χ0n) is 8.47. The lowest BCUT2D eigenvalue weighted by Gasteiger charge is -2.28. The highest BCUT2D eigenvalue weighted by atomic mass is 35.5. The van der Waals surface area contributed by atoms with Crippen LogP contribution in [0.4, 0.5) is 0 Å². The fourth-order valence-electron chi connectivity index (χ4n) is 1.60. The molecule has 1 aliphatic rings. The third-order valence-corrected chi connectivity index (χ3v) is 4.53. The average molecular weight is 262 g/mol. The Hall–Kier alpha value is 0.110. The van der Waals surface area contributed by atoms with Crippen molar-refractivity contribution in [2.24, 2.45) is 5.92 Å². The Kier molecular flexibility index (Phi) is 3.83. The highest BCUT2D eigenvalue weighted by Crippen LogP contribution is 2.36. The summed E-state index contributed by atoms with van der Waals surface area (Å²) >= 11 is 14.0. The molecule has 0 amide bonds. The minimum absolute atomic E-state index is 0.285. The number of nitrogens with one attached hydrogen (secondary N) is 1. The maximum Gasteiger partial charge on any atom is 0.0804 e. The molecule has 1 nitrogen and oxygen atoms in total. The van der Waals surface area contributed by atoms with E-state index in [-0.39, 0.29) is 5.37 Å². The molecule has 1 N–H and O–H groups in total. The van der Waals surface area contributed by atoms with Crippen LogP contribution in [0.15, 0.2) is 18.2 Å². The molecule has 2 rings (SSSR count). The first kappa shape index (κ1) is 11.6. The predicted molar refractivity (Wildman–Crippen MR) is 68.8 cm³/mol. The number of hydrogen-bond acceptors (Lipinski definition) is 2. The summed E-state index contributed by atoms with van der Waals surface area (Å²) in [5.74, 6) is 1.89. The second-order valence-corrected chi connectivity index (χ2v) is 5.87. The van der Waals surface area contributed by atoms with Gasteiger partial charge in [-0.2, -0.15) is 0 Å². The summed E-state index contributed by atoms with van der Waals surface area (Å²) in [6.07, 6.45) is 0. The molecule has 1 heterocycles. The van der Waals surface area contributed by atoms with E-state index in [1.54, 1.807) is 0 Å². The van der Waals surface area contributed by atoms with Crippen molar-refractivity contribution in [3.05, 3.63) is 33.8 Å². The molecule has 1 fully saturated rings. The maximum atomic E-state index is 6.15. The quantitative estimate of drug-likeness (QED) is 0.822. The number of benzene rings is 1. The van der Waals surface area contributed by atoms with Gasteiger partial charge in [-0.1, -0.05) is 30.1 Å². The first-order valence-electron chi connectivity index (χ1n) is 4.97. The number of rotatable bonds is 1. The van der Waals surface area contributed by atoms with Gasteiger partial charge in [-0.15, -0.1) is 11.8 Å². The van der Waals surface area contributed by atoms with Gasteiger partial charge in [0.25, 0.3) is 0 Å². The van der Waals surface area contributed by atoms with Crippen LogP contribution in [-0.4, -0.2) is 12.3 Å². The number of hydrogen-bond donors (Lipinski definition) is 1. The van der Waals surface area contributed by atoms with Crippen molar-refractivity contribution in [2.75, 3.05) is 12.3 Å². The lowest BCUT2D eigenvalue weighted by Crippen LogP contribution is -2.31. The normalized spacial score (nSPS) is 26.6. The first-order valence-corrected chi connectivity index (χ1v) is 6.77. The lowest BCUT2D eigenvalue weighted by atomic mass is 10.2. The van der Waals surface area contributed by atoms with Crippen molar-refractivity contribution >= 4 is 35.0 Å². The Balaban J connectivity index is 2.18. The van der Waals surface area contributed by atoms with Crippen molar-refractivity contribution < 1.29 is 0 Å². The smallest absolute Gasteiger partial charge is 0.0804 e. The van der Waals surface area contributed by atoms with Gasteiger partial charge in [0.2, 0.25) is 0 Å². The molecule has 2 atom stereocenters. The SMILES string of the molecule is CC1CNC(c2cc(Cl)ccc2Cl)SC1. The molecular weight excluding hydrogens is 249 g/mol. The van der Waals surface area contributed by atoms with E-state index in [0.29, 0.717) is 0 Å². The van der Waals surface area contributed by atoms with Crippen LogP contribution in [0, 0.1) is 5.92 Å². The second kappa shape index (κ2) is 4.96. The molecule has 0 radical (unpaired) electrons. The average Bonchev–Trinajstić information content (AvgIpc) is 2.23. The van der Waals surface area contributed by atoms with Crippen molar-refractivity contribution in [1.82, 2.24) is 5.32 Å². The predicted octanol–water partition coefficient (Wildman–Crippen LogP) is 3.96. The Morgan fingerprint density at radius 1 is 1.40 bits per heavy atom. The first-order chi connectivity index (χ1) is 7.16. The van der Waals surface area contributed by atoms with E-state index in [9.17, 15) is 0 Å². The molecule has 1 aromatic rings. The molecule has 4 heteroatoms. The molecule has 82 valence electrons. The van der Waals surface area contributed by atoms with Gasteiger partial charge in [-0.05, 0) is 42.0 Å². The van der Waals surface area contributed by atoms with E-state index in [0.717, 1.165) is 28.1 Å². The van der Waals surface area contributed by atoms with Crippen molar-refractivity contribution in [2.45, 2.75) is 12.3 Å². The van der Waals surface area contributed by atoms with Crippen LogP contribution in [0.5, 0.6) is 0 Å². The minimum atomic E-state index is 0.285. The molecule has 1 saturated heterocycles. The summed E-state index contributed by atoms with van der Waals surface area (Å²) in [6.45, 7) is 3.29. The number of thioether (sulfide) groups is 1. The molecule has 1 aromatic carbocycles. The van der Waals surface area contributed by atoms with Crippen LogP contribution in [0.25, 0.3) is 0 Å². The molecule has 0 spiro atoms. The molecule has 15 heavy (non-hydrogen) atoms. The van der Waals surface area contributed by atoms with Gasteiger partial charge in [0.15, 0.2) is 0 Å². The Labute approximate surface area is 105 Å².